The van der Waals surface area contributed by atoms with Crippen molar-refractivity contribution < 1.29 is 4.79 Å². The summed E-state index contributed by atoms with van der Waals surface area (Å²) in [7, 11) is 0. The van der Waals surface area contributed by atoms with Gasteiger partial charge in [-0.2, -0.15) is 5.10 Å². The largest absolute Gasteiger partial charge is 0.353 e. The van der Waals surface area contributed by atoms with E-state index in [9.17, 15) is 4.79 Å². The van der Waals surface area contributed by atoms with Gasteiger partial charge in [0.1, 0.15) is 12.1 Å². The Morgan fingerprint density at radius 2 is 1.74 bits per heavy atom. The minimum Gasteiger partial charge on any atom is -0.353 e. The molecule has 0 radical (unpaired) electrons. The van der Waals surface area contributed by atoms with E-state index in [0.29, 0.717) is 13.1 Å². The van der Waals surface area contributed by atoms with Gasteiger partial charge in [-0.05, 0) is 17.7 Å². The first-order valence-corrected chi connectivity index (χ1v) is 8.89. The fraction of sp³-hybridized carbons (Fsp3) is 0.200. The SMILES string of the molecule is O=C(/C=C/c1ccccc1)N1CCN(c2cc(-n3cccn3)ncn2)CC1. The van der Waals surface area contributed by atoms with E-state index in [1.165, 1.54) is 0 Å². The Morgan fingerprint density at radius 1 is 0.963 bits per heavy atom. The van der Waals surface area contributed by atoms with Crippen molar-refractivity contribution >= 4 is 17.8 Å². The highest BCUT2D eigenvalue weighted by Crippen LogP contribution is 2.16. The maximum Gasteiger partial charge on any atom is 0.246 e. The van der Waals surface area contributed by atoms with Crippen molar-refractivity contribution in [2.24, 2.45) is 0 Å². The number of hydrogen-bond acceptors (Lipinski definition) is 5. The van der Waals surface area contributed by atoms with Crippen molar-refractivity contribution in [2.75, 3.05) is 31.1 Å². The molecule has 0 aliphatic carbocycles. The molecule has 0 spiro atoms. The van der Waals surface area contributed by atoms with E-state index in [1.54, 1.807) is 23.3 Å². The van der Waals surface area contributed by atoms with Crippen LogP contribution in [0.4, 0.5) is 5.82 Å². The Bertz CT molecular complexity index is 915. The standard InChI is InChI=1S/C20H20N6O/c27-20(8-7-17-5-2-1-3-6-17)25-13-11-24(12-14-25)18-15-19(22-16-21-18)26-10-4-9-23-26/h1-10,15-16H,11-14H2/b8-7+. The van der Waals surface area contributed by atoms with Gasteiger partial charge < -0.3 is 9.80 Å². The van der Waals surface area contributed by atoms with E-state index in [0.717, 1.165) is 30.3 Å². The number of carbonyl (C=O) groups is 1. The van der Waals surface area contributed by atoms with Crippen molar-refractivity contribution in [2.45, 2.75) is 0 Å². The zero-order valence-corrected chi connectivity index (χ0v) is 14.8. The number of anilines is 1. The molecule has 27 heavy (non-hydrogen) atoms. The Hall–Kier alpha value is -3.48. The lowest BCUT2D eigenvalue weighted by molar-refractivity contribution is -0.126. The summed E-state index contributed by atoms with van der Waals surface area (Å²) in [6, 6.07) is 13.6. The van der Waals surface area contributed by atoms with Crippen molar-refractivity contribution in [1.29, 1.82) is 0 Å². The lowest BCUT2D eigenvalue weighted by atomic mass is 10.2. The molecular weight excluding hydrogens is 340 g/mol. The molecular formula is C20H20N6O. The molecule has 3 heterocycles. The van der Waals surface area contributed by atoms with Gasteiger partial charge in [-0.1, -0.05) is 30.3 Å². The van der Waals surface area contributed by atoms with Gasteiger partial charge in [-0.15, -0.1) is 0 Å². The minimum absolute atomic E-state index is 0.0402. The van der Waals surface area contributed by atoms with E-state index in [-0.39, 0.29) is 5.91 Å². The van der Waals surface area contributed by atoms with Gasteiger partial charge in [0, 0.05) is 50.7 Å². The van der Waals surface area contributed by atoms with Crippen LogP contribution >= 0.6 is 0 Å². The molecule has 7 heteroatoms. The van der Waals surface area contributed by atoms with Crippen molar-refractivity contribution in [3.8, 4) is 5.82 Å². The maximum absolute atomic E-state index is 12.4. The highest BCUT2D eigenvalue weighted by atomic mass is 16.2. The summed E-state index contributed by atoms with van der Waals surface area (Å²) < 4.78 is 1.71. The van der Waals surface area contributed by atoms with Crippen molar-refractivity contribution in [3.05, 3.63) is 72.8 Å². The molecule has 0 bridgehead atoms. The number of nitrogens with zero attached hydrogens (tertiary/aromatic N) is 6. The number of amides is 1. The molecule has 1 aliphatic rings. The smallest absolute Gasteiger partial charge is 0.246 e. The minimum atomic E-state index is 0.0402. The zero-order valence-electron chi connectivity index (χ0n) is 14.8. The first-order valence-electron chi connectivity index (χ1n) is 8.89. The third-order valence-corrected chi connectivity index (χ3v) is 4.51. The van der Waals surface area contributed by atoms with Gasteiger partial charge in [-0.3, -0.25) is 4.79 Å². The molecule has 0 unspecified atom stereocenters. The van der Waals surface area contributed by atoms with Gasteiger partial charge in [0.15, 0.2) is 5.82 Å². The molecule has 1 fully saturated rings. The normalized spacial score (nSPS) is 14.7. The van der Waals surface area contributed by atoms with E-state index in [1.807, 2.05) is 59.6 Å². The fourth-order valence-electron chi connectivity index (χ4n) is 3.03. The second kappa shape index (κ2) is 7.82. The molecule has 1 amide bonds. The Labute approximate surface area is 157 Å². The number of aromatic nitrogens is 4. The quantitative estimate of drug-likeness (QED) is 0.666. The van der Waals surface area contributed by atoms with Crippen LogP contribution in [0.2, 0.25) is 0 Å². The second-order valence-electron chi connectivity index (χ2n) is 6.24. The first-order chi connectivity index (χ1) is 13.3. The zero-order chi connectivity index (χ0) is 18.5. The molecule has 7 nitrogen and oxygen atoms in total. The third-order valence-electron chi connectivity index (χ3n) is 4.51. The molecule has 4 rings (SSSR count). The van der Waals surface area contributed by atoms with Crippen LogP contribution in [0.15, 0.2) is 67.3 Å². The molecule has 0 saturated carbocycles. The van der Waals surface area contributed by atoms with Crippen molar-refractivity contribution in [1.82, 2.24) is 24.6 Å². The number of piperazine rings is 1. The average Bonchev–Trinajstić information content (AvgIpc) is 3.28. The maximum atomic E-state index is 12.4. The van der Waals surface area contributed by atoms with Crippen LogP contribution in [-0.4, -0.2) is 56.7 Å². The van der Waals surface area contributed by atoms with Crippen LogP contribution in [-0.2, 0) is 4.79 Å². The monoisotopic (exact) mass is 360 g/mol. The summed E-state index contributed by atoms with van der Waals surface area (Å²) >= 11 is 0. The number of carbonyl (C=O) groups excluding carboxylic acids is 1. The van der Waals surface area contributed by atoms with Crippen LogP contribution in [0.25, 0.3) is 11.9 Å². The highest BCUT2D eigenvalue weighted by molar-refractivity contribution is 5.91. The molecule has 0 atom stereocenters. The summed E-state index contributed by atoms with van der Waals surface area (Å²) in [5.41, 5.74) is 1.02. The molecule has 0 N–H and O–H groups in total. The van der Waals surface area contributed by atoms with Gasteiger partial charge in [0.2, 0.25) is 5.91 Å². The topological polar surface area (TPSA) is 67.2 Å². The molecule has 1 aliphatic heterocycles. The summed E-state index contributed by atoms with van der Waals surface area (Å²) in [6.45, 7) is 2.80. The Morgan fingerprint density at radius 3 is 2.48 bits per heavy atom. The molecule has 1 aromatic carbocycles. The Balaban J connectivity index is 1.37. The molecule has 2 aromatic heterocycles. The van der Waals surface area contributed by atoms with Crippen LogP contribution < -0.4 is 4.90 Å². The van der Waals surface area contributed by atoms with E-state index in [2.05, 4.69) is 20.0 Å². The van der Waals surface area contributed by atoms with Gasteiger partial charge in [0.25, 0.3) is 0 Å². The second-order valence-corrected chi connectivity index (χ2v) is 6.24. The summed E-state index contributed by atoms with van der Waals surface area (Å²) in [5, 5.41) is 4.20. The van der Waals surface area contributed by atoms with Crippen LogP contribution in [0.3, 0.4) is 0 Å². The third kappa shape index (κ3) is 4.03. The lowest BCUT2D eigenvalue weighted by Gasteiger charge is -2.34. The number of rotatable bonds is 4. The van der Waals surface area contributed by atoms with Crippen LogP contribution in [0.5, 0.6) is 0 Å². The summed E-state index contributed by atoms with van der Waals surface area (Å²) in [6.07, 6.45) is 8.62. The van der Waals surface area contributed by atoms with Crippen molar-refractivity contribution in [3.63, 3.8) is 0 Å². The predicted molar refractivity (Wildman–Crippen MR) is 103 cm³/mol. The first kappa shape index (κ1) is 17.0. The lowest BCUT2D eigenvalue weighted by Crippen LogP contribution is -2.48. The highest BCUT2D eigenvalue weighted by Gasteiger charge is 2.21. The average molecular weight is 360 g/mol. The fourth-order valence-corrected chi connectivity index (χ4v) is 3.03. The van der Waals surface area contributed by atoms with E-state index >= 15 is 0 Å². The van der Waals surface area contributed by atoms with E-state index in [4.69, 9.17) is 0 Å². The van der Waals surface area contributed by atoms with Gasteiger partial charge in [0.05, 0.1) is 0 Å². The van der Waals surface area contributed by atoms with E-state index < -0.39 is 0 Å². The number of benzene rings is 1. The van der Waals surface area contributed by atoms with Crippen LogP contribution in [0, 0.1) is 0 Å². The van der Waals surface area contributed by atoms with Gasteiger partial charge >= 0.3 is 0 Å². The molecule has 1 saturated heterocycles. The van der Waals surface area contributed by atoms with Crippen LogP contribution in [0.1, 0.15) is 5.56 Å². The summed E-state index contributed by atoms with van der Waals surface area (Å²) in [5.74, 6) is 1.62. The Kier molecular flexibility index (Phi) is 4.91. The molecule has 3 aromatic rings. The molecule has 136 valence electrons. The number of hydrogen-bond donors (Lipinski definition) is 0. The summed E-state index contributed by atoms with van der Waals surface area (Å²) in [4.78, 5) is 25.1. The predicted octanol–water partition coefficient (Wildman–Crippen LogP) is 2.02. The van der Waals surface area contributed by atoms with Gasteiger partial charge in [-0.25, -0.2) is 14.6 Å².